The zero-order valence-electron chi connectivity index (χ0n) is 15.1. The molecule has 0 fully saturated rings. The van der Waals surface area contributed by atoms with Crippen LogP contribution >= 0.6 is 0 Å². The van der Waals surface area contributed by atoms with Crippen molar-refractivity contribution in [3.05, 3.63) is 83.3 Å². The summed E-state index contributed by atoms with van der Waals surface area (Å²) in [6, 6.07) is 14.4. The van der Waals surface area contributed by atoms with Crippen molar-refractivity contribution >= 4 is 10.0 Å². The number of benzene rings is 2. The van der Waals surface area contributed by atoms with Crippen molar-refractivity contribution in [2.24, 2.45) is 0 Å². The van der Waals surface area contributed by atoms with Gasteiger partial charge in [0.05, 0.1) is 4.90 Å². The molecule has 0 saturated heterocycles. The SMILES string of the molecule is O=S(=O)(NCc1ccc(Oc2cccc(F)c2)nc1)c1ccc2c(c1)CCC2. The Hall–Kier alpha value is -2.77. The van der Waals surface area contributed by atoms with Crippen molar-refractivity contribution in [3.8, 4) is 11.6 Å². The number of aromatic nitrogens is 1. The summed E-state index contributed by atoms with van der Waals surface area (Å²) in [6.45, 7) is 0.118. The highest BCUT2D eigenvalue weighted by Crippen LogP contribution is 2.25. The second-order valence-electron chi connectivity index (χ2n) is 6.67. The molecule has 0 atom stereocenters. The van der Waals surface area contributed by atoms with E-state index in [1.54, 1.807) is 36.4 Å². The molecule has 28 heavy (non-hydrogen) atoms. The van der Waals surface area contributed by atoms with E-state index in [1.165, 1.54) is 23.9 Å². The average molecular weight is 398 g/mol. The number of nitrogens with one attached hydrogen (secondary N) is 1. The predicted molar refractivity (Wildman–Crippen MR) is 103 cm³/mol. The Labute approximate surface area is 163 Å². The summed E-state index contributed by atoms with van der Waals surface area (Å²) < 4.78 is 46.4. The maximum atomic E-state index is 13.2. The molecule has 7 heteroatoms. The molecule has 0 spiro atoms. The summed E-state index contributed by atoms with van der Waals surface area (Å²) in [4.78, 5) is 4.43. The molecule has 5 nitrogen and oxygen atoms in total. The first-order chi connectivity index (χ1) is 13.5. The van der Waals surface area contributed by atoms with Gasteiger partial charge in [-0.15, -0.1) is 0 Å². The third kappa shape index (κ3) is 4.21. The van der Waals surface area contributed by atoms with Crippen molar-refractivity contribution in [2.45, 2.75) is 30.7 Å². The highest BCUT2D eigenvalue weighted by atomic mass is 32.2. The minimum atomic E-state index is -3.59. The summed E-state index contributed by atoms with van der Waals surface area (Å²) in [6.07, 6.45) is 4.54. The van der Waals surface area contributed by atoms with E-state index < -0.39 is 15.8 Å². The molecule has 0 aliphatic heterocycles. The van der Waals surface area contributed by atoms with Crippen LogP contribution in [0.2, 0.25) is 0 Å². The van der Waals surface area contributed by atoms with E-state index >= 15 is 0 Å². The van der Waals surface area contributed by atoms with Crippen LogP contribution in [-0.2, 0) is 29.4 Å². The largest absolute Gasteiger partial charge is 0.439 e. The van der Waals surface area contributed by atoms with Crippen molar-refractivity contribution in [1.82, 2.24) is 9.71 Å². The van der Waals surface area contributed by atoms with Crippen LogP contribution in [0.25, 0.3) is 0 Å². The first-order valence-electron chi connectivity index (χ1n) is 8.99. The number of rotatable bonds is 6. The second-order valence-corrected chi connectivity index (χ2v) is 8.44. The van der Waals surface area contributed by atoms with Crippen molar-refractivity contribution in [2.75, 3.05) is 0 Å². The van der Waals surface area contributed by atoms with E-state index in [4.69, 9.17) is 4.74 Å². The minimum Gasteiger partial charge on any atom is -0.439 e. The van der Waals surface area contributed by atoms with Crippen LogP contribution in [0.3, 0.4) is 0 Å². The van der Waals surface area contributed by atoms with Crippen LogP contribution in [0.15, 0.2) is 65.7 Å². The molecule has 1 aromatic heterocycles. The van der Waals surface area contributed by atoms with E-state index in [1.807, 2.05) is 6.07 Å². The predicted octanol–water partition coefficient (Wildman–Crippen LogP) is 3.98. The number of aryl methyl sites for hydroxylation is 2. The third-order valence-corrected chi connectivity index (χ3v) is 6.06. The fraction of sp³-hybridized carbons (Fsp3) is 0.190. The molecule has 0 amide bonds. The van der Waals surface area contributed by atoms with Gasteiger partial charge in [-0.2, -0.15) is 0 Å². The van der Waals surface area contributed by atoms with Crippen LogP contribution in [-0.4, -0.2) is 13.4 Å². The maximum absolute atomic E-state index is 13.2. The summed E-state index contributed by atoms with van der Waals surface area (Å²) in [7, 11) is -3.59. The lowest BCUT2D eigenvalue weighted by atomic mass is 10.1. The van der Waals surface area contributed by atoms with Crippen molar-refractivity contribution in [1.29, 1.82) is 0 Å². The molecule has 144 valence electrons. The highest BCUT2D eigenvalue weighted by molar-refractivity contribution is 7.89. The van der Waals surface area contributed by atoms with Crippen LogP contribution < -0.4 is 9.46 Å². The zero-order chi connectivity index (χ0) is 19.6. The van der Waals surface area contributed by atoms with Gasteiger partial charge in [-0.25, -0.2) is 22.5 Å². The fourth-order valence-electron chi connectivity index (χ4n) is 3.20. The topological polar surface area (TPSA) is 68.3 Å². The van der Waals surface area contributed by atoms with Crippen LogP contribution in [0, 0.1) is 5.82 Å². The smallest absolute Gasteiger partial charge is 0.240 e. The first kappa shape index (κ1) is 18.6. The number of ether oxygens (including phenoxy) is 1. The Balaban J connectivity index is 1.40. The van der Waals surface area contributed by atoms with Gasteiger partial charge in [0.2, 0.25) is 15.9 Å². The number of nitrogens with zero attached hydrogens (tertiary/aromatic N) is 1. The summed E-state index contributed by atoms with van der Waals surface area (Å²) >= 11 is 0. The number of fused-ring (bicyclic) bond motifs is 1. The molecule has 0 saturated carbocycles. The van der Waals surface area contributed by atoms with Crippen LogP contribution in [0.1, 0.15) is 23.1 Å². The molecule has 1 aliphatic rings. The average Bonchev–Trinajstić information content (AvgIpc) is 3.15. The number of pyridine rings is 1. The molecule has 0 radical (unpaired) electrons. The van der Waals surface area contributed by atoms with Gasteiger partial charge in [0.1, 0.15) is 11.6 Å². The molecule has 0 unspecified atom stereocenters. The van der Waals surface area contributed by atoms with Crippen molar-refractivity contribution < 1.29 is 17.5 Å². The Bertz CT molecular complexity index is 1100. The van der Waals surface area contributed by atoms with Gasteiger partial charge in [-0.1, -0.05) is 18.2 Å². The van der Waals surface area contributed by atoms with E-state index in [-0.39, 0.29) is 11.4 Å². The van der Waals surface area contributed by atoms with Crippen molar-refractivity contribution in [3.63, 3.8) is 0 Å². The molecule has 1 aliphatic carbocycles. The molecule has 3 aromatic rings. The lowest BCUT2D eigenvalue weighted by Gasteiger charge is -2.09. The lowest BCUT2D eigenvalue weighted by molar-refractivity contribution is 0.457. The van der Waals surface area contributed by atoms with E-state index in [9.17, 15) is 12.8 Å². The van der Waals surface area contributed by atoms with Gasteiger partial charge in [-0.05, 0) is 60.2 Å². The monoisotopic (exact) mass is 398 g/mol. The summed E-state index contributed by atoms with van der Waals surface area (Å²) in [5.74, 6) is 0.253. The molecule has 2 aromatic carbocycles. The highest BCUT2D eigenvalue weighted by Gasteiger charge is 2.18. The number of sulfonamides is 1. The quantitative estimate of drug-likeness (QED) is 0.682. The second kappa shape index (κ2) is 7.69. The Morgan fingerprint density at radius 1 is 1.04 bits per heavy atom. The number of hydrogen-bond donors (Lipinski definition) is 1. The third-order valence-electron chi connectivity index (χ3n) is 4.66. The standard InChI is InChI=1S/C21H19FN2O3S/c22-18-5-2-6-19(12-18)27-21-10-7-15(13-23-21)14-24-28(25,26)20-9-8-16-3-1-4-17(16)11-20/h2,5-13,24H,1,3-4,14H2. The Morgan fingerprint density at radius 2 is 1.89 bits per heavy atom. The normalized spacial score (nSPS) is 13.3. The van der Waals surface area contributed by atoms with E-state index in [0.29, 0.717) is 17.2 Å². The van der Waals surface area contributed by atoms with E-state index in [2.05, 4.69) is 9.71 Å². The zero-order valence-corrected chi connectivity index (χ0v) is 15.9. The summed E-state index contributed by atoms with van der Waals surface area (Å²) in [5.41, 5.74) is 3.04. The van der Waals surface area contributed by atoms with E-state index in [0.717, 1.165) is 24.8 Å². The van der Waals surface area contributed by atoms with Gasteiger partial charge in [-0.3, -0.25) is 0 Å². The maximum Gasteiger partial charge on any atom is 0.240 e. The number of halogens is 1. The fourth-order valence-corrected chi connectivity index (χ4v) is 4.27. The molecule has 1 heterocycles. The molecular weight excluding hydrogens is 379 g/mol. The van der Waals surface area contributed by atoms with Crippen LogP contribution in [0.5, 0.6) is 11.6 Å². The van der Waals surface area contributed by atoms with Gasteiger partial charge >= 0.3 is 0 Å². The van der Waals surface area contributed by atoms with Gasteiger partial charge in [0.15, 0.2) is 0 Å². The molecule has 1 N–H and O–H groups in total. The minimum absolute atomic E-state index is 0.118. The first-order valence-corrected chi connectivity index (χ1v) is 10.5. The van der Waals surface area contributed by atoms with Gasteiger partial charge < -0.3 is 4.74 Å². The number of hydrogen-bond acceptors (Lipinski definition) is 4. The van der Waals surface area contributed by atoms with Crippen LogP contribution in [0.4, 0.5) is 4.39 Å². The van der Waals surface area contributed by atoms with Gasteiger partial charge in [0.25, 0.3) is 0 Å². The Kier molecular flexibility index (Phi) is 5.11. The molecule has 0 bridgehead atoms. The van der Waals surface area contributed by atoms with Gasteiger partial charge in [0, 0.05) is 24.9 Å². The lowest BCUT2D eigenvalue weighted by Crippen LogP contribution is -2.23. The Morgan fingerprint density at radius 3 is 2.68 bits per heavy atom. The molecule has 4 rings (SSSR count). The molecular formula is C21H19FN2O3S. The summed E-state index contributed by atoms with van der Waals surface area (Å²) in [5, 5.41) is 0.